The van der Waals surface area contributed by atoms with Gasteiger partial charge < -0.3 is 16.2 Å². The van der Waals surface area contributed by atoms with Crippen LogP contribution in [0, 0.1) is 0 Å². The number of hydrogen-bond donors (Lipinski definition) is 2. The first kappa shape index (κ1) is 10.5. The number of para-hydroxylation sites is 1. The Morgan fingerprint density at radius 1 is 1.50 bits per heavy atom. The topological polar surface area (TPSA) is 78.3 Å². The van der Waals surface area contributed by atoms with Crippen LogP contribution in [0.4, 0.5) is 0 Å². The van der Waals surface area contributed by atoms with E-state index in [4.69, 9.17) is 16.2 Å². The summed E-state index contributed by atoms with van der Waals surface area (Å²) in [5, 5.41) is 0. The van der Waals surface area contributed by atoms with Gasteiger partial charge in [0.25, 0.3) is 5.91 Å². The Hall–Kier alpha value is -1.55. The van der Waals surface area contributed by atoms with E-state index in [-0.39, 0.29) is 12.6 Å². The first-order valence-electron chi connectivity index (χ1n) is 4.37. The fraction of sp³-hybridized carbons (Fsp3) is 0.300. The van der Waals surface area contributed by atoms with E-state index < -0.39 is 5.91 Å². The maximum absolute atomic E-state index is 10.5. The lowest BCUT2D eigenvalue weighted by atomic mass is 10.1. The van der Waals surface area contributed by atoms with Crippen LogP contribution in [0.25, 0.3) is 0 Å². The van der Waals surface area contributed by atoms with Gasteiger partial charge in [-0.2, -0.15) is 0 Å². The van der Waals surface area contributed by atoms with E-state index in [1.165, 1.54) is 0 Å². The van der Waals surface area contributed by atoms with Gasteiger partial charge in [0.2, 0.25) is 0 Å². The summed E-state index contributed by atoms with van der Waals surface area (Å²) in [4.78, 5) is 10.5. The van der Waals surface area contributed by atoms with E-state index in [0.29, 0.717) is 5.75 Å². The van der Waals surface area contributed by atoms with Crippen LogP contribution in [0.1, 0.15) is 18.5 Å². The van der Waals surface area contributed by atoms with E-state index >= 15 is 0 Å². The van der Waals surface area contributed by atoms with Crippen molar-refractivity contribution in [3.05, 3.63) is 29.8 Å². The summed E-state index contributed by atoms with van der Waals surface area (Å²) in [5.41, 5.74) is 11.6. The minimum absolute atomic E-state index is 0.121. The van der Waals surface area contributed by atoms with Crippen molar-refractivity contribution in [2.75, 3.05) is 6.61 Å². The van der Waals surface area contributed by atoms with Gasteiger partial charge in [0, 0.05) is 11.6 Å². The van der Waals surface area contributed by atoms with Gasteiger partial charge in [0.15, 0.2) is 6.61 Å². The van der Waals surface area contributed by atoms with Crippen LogP contribution < -0.4 is 16.2 Å². The molecule has 4 N–H and O–H groups in total. The molecule has 0 saturated carbocycles. The van der Waals surface area contributed by atoms with Crippen molar-refractivity contribution in [1.29, 1.82) is 0 Å². The monoisotopic (exact) mass is 194 g/mol. The predicted octanol–water partition coefficient (Wildman–Crippen LogP) is 0.570. The molecule has 4 nitrogen and oxygen atoms in total. The number of carbonyl (C=O) groups excluding carboxylic acids is 1. The molecule has 1 aromatic carbocycles. The fourth-order valence-corrected chi connectivity index (χ4v) is 1.14. The maximum atomic E-state index is 10.5. The minimum Gasteiger partial charge on any atom is -0.483 e. The molecule has 1 unspecified atom stereocenters. The normalized spacial score (nSPS) is 12.1. The predicted molar refractivity (Wildman–Crippen MR) is 53.7 cm³/mol. The molecule has 1 aromatic rings. The number of benzene rings is 1. The molecule has 1 atom stereocenters. The summed E-state index contributed by atoms with van der Waals surface area (Å²) in [6, 6.07) is 7.19. The van der Waals surface area contributed by atoms with Crippen molar-refractivity contribution in [2.45, 2.75) is 13.0 Å². The molecule has 4 heteroatoms. The molecule has 1 amide bonds. The Labute approximate surface area is 82.8 Å². The Morgan fingerprint density at radius 2 is 2.14 bits per heavy atom. The molecule has 76 valence electrons. The molecule has 0 aliphatic rings. The zero-order valence-electron chi connectivity index (χ0n) is 8.07. The standard InChI is InChI=1S/C10H14N2O2/c1-7(11)8-4-2-3-5-9(8)14-6-10(12)13/h2-5,7H,6,11H2,1H3,(H2,12,13). The number of nitrogens with two attached hydrogens (primary N) is 2. The zero-order chi connectivity index (χ0) is 10.6. The van der Waals surface area contributed by atoms with Crippen molar-refractivity contribution in [1.82, 2.24) is 0 Å². The highest BCUT2D eigenvalue weighted by Gasteiger charge is 2.07. The van der Waals surface area contributed by atoms with Crippen LogP contribution in [-0.2, 0) is 4.79 Å². The van der Waals surface area contributed by atoms with E-state index in [9.17, 15) is 4.79 Å². The quantitative estimate of drug-likeness (QED) is 0.735. The molecular formula is C10H14N2O2. The maximum Gasteiger partial charge on any atom is 0.255 e. The van der Waals surface area contributed by atoms with Gasteiger partial charge in [-0.15, -0.1) is 0 Å². The van der Waals surface area contributed by atoms with E-state index in [1.807, 2.05) is 25.1 Å². The third-order valence-corrected chi connectivity index (χ3v) is 1.78. The summed E-state index contributed by atoms with van der Waals surface area (Å²) in [5.74, 6) is 0.116. The van der Waals surface area contributed by atoms with Crippen molar-refractivity contribution in [2.24, 2.45) is 11.5 Å². The molecule has 0 radical (unpaired) electrons. The van der Waals surface area contributed by atoms with Crippen LogP contribution in [-0.4, -0.2) is 12.5 Å². The third-order valence-electron chi connectivity index (χ3n) is 1.78. The number of hydrogen-bond acceptors (Lipinski definition) is 3. The summed E-state index contributed by atoms with van der Waals surface area (Å²) in [6.07, 6.45) is 0. The molecule has 14 heavy (non-hydrogen) atoms. The number of carbonyl (C=O) groups is 1. The first-order valence-corrected chi connectivity index (χ1v) is 4.37. The molecule has 0 saturated heterocycles. The van der Waals surface area contributed by atoms with Crippen LogP contribution >= 0.6 is 0 Å². The molecule has 0 aliphatic carbocycles. The summed E-state index contributed by atoms with van der Waals surface area (Å²) in [6.45, 7) is 1.73. The molecule has 0 aromatic heterocycles. The number of amides is 1. The van der Waals surface area contributed by atoms with E-state index in [2.05, 4.69) is 0 Å². The van der Waals surface area contributed by atoms with Gasteiger partial charge in [-0.1, -0.05) is 18.2 Å². The zero-order valence-corrected chi connectivity index (χ0v) is 8.07. The second kappa shape index (κ2) is 4.62. The SMILES string of the molecule is CC(N)c1ccccc1OCC(N)=O. The van der Waals surface area contributed by atoms with Crippen LogP contribution in [0.15, 0.2) is 24.3 Å². The molecule has 0 bridgehead atoms. The molecule has 0 spiro atoms. The lowest BCUT2D eigenvalue weighted by molar-refractivity contribution is -0.119. The van der Waals surface area contributed by atoms with Crippen molar-refractivity contribution in [3.63, 3.8) is 0 Å². The third kappa shape index (κ3) is 2.74. The van der Waals surface area contributed by atoms with Gasteiger partial charge in [0.05, 0.1) is 0 Å². The van der Waals surface area contributed by atoms with Gasteiger partial charge in [0.1, 0.15) is 5.75 Å². The minimum atomic E-state index is -0.496. The van der Waals surface area contributed by atoms with Crippen LogP contribution in [0.5, 0.6) is 5.75 Å². The lowest BCUT2D eigenvalue weighted by Gasteiger charge is -2.12. The summed E-state index contributed by atoms with van der Waals surface area (Å²) < 4.78 is 5.21. The second-order valence-corrected chi connectivity index (χ2v) is 3.08. The van der Waals surface area contributed by atoms with Crippen molar-refractivity contribution >= 4 is 5.91 Å². The first-order chi connectivity index (χ1) is 6.61. The lowest BCUT2D eigenvalue weighted by Crippen LogP contribution is -2.21. The van der Waals surface area contributed by atoms with Gasteiger partial charge in [-0.05, 0) is 13.0 Å². The number of rotatable bonds is 4. The highest BCUT2D eigenvalue weighted by Crippen LogP contribution is 2.22. The van der Waals surface area contributed by atoms with Gasteiger partial charge in [-0.3, -0.25) is 4.79 Å². The Bertz CT molecular complexity index is 324. The molecular weight excluding hydrogens is 180 g/mol. The van der Waals surface area contributed by atoms with Gasteiger partial charge in [-0.25, -0.2) is 0 Å². The highest BCUT2D eigenvalue weighted by atomic mass is 16.5. The molecule has 0 fully saturated rings. The largest absolute Gasteiger partial charge is 0.483 e. The smallest absolute Gasteiger partial charge is 0.255 e. The Kier molecular flexibility index (Phi) is 3.48. The highest BCUT2D eigenvalue weighted by molar-refractivity contribution is 5.75. The van der Waals surface area contributed by atoms with Crippen molar-refractivity contribution < 1.29 is 9.53 Å². The Balaban J connectivity index is 2.79. The van der Waals surface area contributed by atoms with Crippen LogP contribution in [0.3, 0.4) is 0 Å². The number of ether oxygens (including phenoxy) is 1. The summed E-state index contributed by atoms with van der Waals surface area (Å²) >= 11 is 0. The van der Waals surface area contributed by atoms with Gasteiger partial charge >= 0.3 is 0 Å². The number of primary amides is 1. The average molecular weight is 194 g/mol. The van der Waals surface area contributed by atoms with E-state index in [0.717, 1.165) is 5.56 Å². The second-order valence-electron chi connectivity index (χ2n) is 3.08. The van der Waals surface area contributed by atoms with Crippen LogP contribution in [0.2, 0.25) is 0 Å². The fourth-order valence-electron chi connectivity index (χ4n) is 1.14. The molecule has 0 heterocycles. The summed E-state index contributed by atoms with van der Waals surface area (Å²) in [7, 11) is 0. The Morgan fingerprint density at radius 3 is 2.71 bits per heavy atom. The average Bonchev–Trinajstić information content (AvgIpc) is 2.15. The molecule has 1 rings (SSSR count). The van der Waals surface area contributed by atoms with Crippen molar-refractivity contribution in [3.8, 4) is 5.75 Å². The van der Waals surface area contributed by atoms with E-state index in [1.54, 1.807) is 6.07 Å². The molecule has 0 aliphatic heterocycles.